The predicted molar refractivity (Wildman–Crippen MR) is 84.6 cm³/mol. The van der Waals surface area contributed by atoms with Crippen LogP contribution in [0, 0.1) is 5.92 Å². The zero-order valence-corrected chi connectivity index (χ0v) is 13.6. The molecule has 1 aliphatic carbocycles. The summed E-state index contributed by atoms with van der Waals surface area (Å²) >= 11 is 0. The van der Waals surface area contributed by atoms with Crippen LogP contribution in [0.5, 0.6) is 0 Å². The fourth-order valence-electron chi connectivity index (χ4n) is 3.76. The zero-order valence-electron chi connectivity index (χ0n) is 13.6. The van der Waals surface area contributed by atoms with Crippen LogP contribution in [0.15, 0.2) is 11.6 Å². The Morgan fingerprint density at radius 1 is 1.41 bits per heavy atom. The summed E-state index contributed by atoms with van der Waals surface area (Å²) < 4.78 is 11.5. The molecule has 2 aliphatic heterocycles. The van der Waals surface area contributed by atoms with Gasteiger partial charge in [-0.25, -0.2) is 4.79 Å². The predicted octanol–water partition coefficient (Wildman–Crippen LogP) is 2.67. The smallest absolute Gasteiger partial charge is 0.317 e. The molecule has 0 aromatic carbocycles. The minimum atomic E-state index is -0.506. The number of nitrogens with one attached hydrogen (secondary N) is 1. The molecule has 2 fully saturated rings. The molecular formula is C17H28N2O3. The molecule has 5 heteroatoms. The van der Waals surface area contributed by atoms with E-state index in [9.17, 15) is 4.79 Å². The van der Waals surface area contributed by atoms with Crippen LogP contribution in [0.25, 0.3) is 0 Å². The van der Waals surface area contributed by atoms with E-state index in [1.165, 1.54) is 24.8 Å². The number of hydrogen-bond donors (Lipinski definition) is 1. The molecular weight excluding hydrogens is 280 g/mol. The van der Waals surface area contributed by atoms with E-state index >= 15 is 0 Å². The van der Waals surface area contributed by atoms with Crippen LogP contribution in [-0.4, -0.2) is 49.6 Å². The average Bonchev–Trinajstić information content (AvgIpc) is 3.20. The fraction of sp³-hybridized carbons (Fsp3) is 0.824. The van der Waals surface area contributed by atoms with Gasteiger partial charge in [-0.2, -0.15) is 0 Å². The normalized spacial score (nSPS) is 27.8. The molecule has 0 aromatic heterocycles. The lowest BCUT2D eigenvalue weighted by Crippen LogP contribution is -2.51. The first kappa shape index (κ1) is 15.8. The van der Waals surface area contributed by atoms with Crippen molar-refractivity contribution in [3.8, 4) is 0 Å². The van der Waals surface area contributed by atoms with E-state index in [0.29, 0.717) is 13.2 Å². The van der Waals surface area contributed by atoms with Crippen LogP contribution >= 0.6 is 0 Å². The number of amides is 2. The third-order valence-corrected chi connectivity index (χ3v) is 5.17. The van der Waals surface area contributed by atoms with Crippen molar-refractivity contribution in [3.05, 3.63) is 11.6 Å². The summed E-state index contributed by atoms with van der Waals surface area (Å²) in [5.74, 6) is -0.236. The zero-order chi connectivity index (χ0) is 15.4. The van der Waals surface area contributed by atoms with E-state index in [1.54, 1.807) is 0 Å². The molecule has 1 atom stereocenters. The molecule has 5 nitrogen and oxygen atoms in total. The van der Waals surface area contributed by atoms with Crippen molar-refractivity contribution in [2.75, 3.05) is 32.8 Å². The van der Waals surface area contributed by atoms with Gasteiger partial charge < -0.3 is 19.7 Å². The van der Waals surface area contributed by atoms with Gasteiger partial charge in [0.2, 0.25) is 0 Å². The third kappa shape index (κ3) is 3.63. The minimum Gasteiger partial charge on any atom is -0.347 e. The number of carbonyl (C=O) groups excluding carboxylic acids is 1. The second-order valence-corrected chi connectivity index (χ2v) is 6.73. The number of urea groups is 1. The third-order valence-electron chi connectivity index (χ3n) is 5.17. The van der Waals surface area contributed by atoms with Crippen LogP contribution in [0.2, 0.25) is 0 Å². The van der Waals surface area contributed by atoms with Crippen molar-refractivity contribution in [1.29, 1.82) is 0 Å². The van der Waals surface area contributed by atoms with Gasteiger partial charge in [0.05, 0.1) is 13.2 Å². The van der Waals surface area contributed by atoms with Gasteiger partial charge in [0.1, 0.15) is 0 Å². The van der Waals surface area contributed by atoms with E-state index in [0.717, 1.165) is 38.9 Å². The van der Waals surface area contributed by atoms with Crippen LogP contribution in [0.1, 0.15) is 45.4 Å². The number of allylic oxidation sites excluding steroid dienone is 1. The molecule has 0 aromatic rings. The Hall–Kier alpha value is -1.07. The van der Waals surface area contributed by atoms with E-state index in [1.807, 2.05) is 11.8 Å². The minimum absolute atomic E-state index is 0.0601. The van der Waals surface area contributed by atoms with E-state index in [2.05, 4.69) is 11.4 Å². The van der Waals surface area contributed by atoms with E-state index in [4.69, 9.17) is 9.47 Å². The first-order chi connectivity index (χ1) is 10.7. The van der Waals surface area contributed by atoms with Gasteiger partial charge in [0, 0.05) is 25.6 Å². The number of rotatable bonds is 4. The molecule has 0 spiro atoms. The highest BCUT2D eigenvalue weighted by molar-refractivity contribution is 5.74. The first-order valence-corrected chi connectivity index (χ1v) is 8.66. The summed E-state index contributed by atoms with van der Waals surface area (Å²) in [6.45, 7) is 5.64. The quantitative estimate of drug-likeness (QED) is 0.812. The van der Waals surface area contributed by atoms with Crippen LogP contribution in [0.4, 0.5) is 4.79 Å². The standard InChI is InChI=1S/C17H28N2O3/c1-17(21-11-12-22-17)15-7-4-10-19(13-15)16(20)18-9-8-14-5-2-3-6-14/h5,15H,2-4,6-13H2,1H3,(H,18,20)/t15-/m1/s1. The highest BCUT2D eigenvalue weighted by Gasteiger charge is 2.42. The van der Waals surface area contributed by atoms with Crippen molar-refractivity contribution >= 4 is 6.03 Å². The molecule has 2 saturated heterocycles. The largest absolute Gasteiger partial charge is 0.347 e. The molecule has 0 unspecified atom stereocenters. The van der Waals surface area contributed by atoms with Crippen molar-refractivity contribution in [2.24, 2.45) is 5.92 Å². The number of nitrogens with zero attached hydrogens (tertiary/aromatic N) is 1. The summed E-state index contributed by atoms with van der Waals surface area (Å²) in [6.07, 6.45) is 9.07. The van der Waals surface area contributed by atoms with Crippen molar-refractivity contribution < 1.29 is 14.3 Å². The molecule has 2 amide bonds. The molecule has 3 rings (SSSR count). The maximum Gasteiger partial charge on any atom is 0.317 e. The Labute approximate surface area is 133 Å². The lowest BCUT2D eigenvalue weighted by atomic mass is 9.90. The number of carbonyl (C=O) groups is 1. The molecule has 2 heterocycles. The second-order valence-electron chi connectivity index (χ2n) is 6.73. The summed E-state index contributed by atoms with van der Waals surface area (Å²) in [4.78, 5) is 14.3. The summed E-state index contributed by atoms with van der Waals surface area (Å²) in [5.41, 5.74) is 1.50. The highest BCUT2D eigenvalue weighted by Crippen LogP contribution is 2.34. The lowest BCUT2D eigenvalue weighted by Gasteiger charge is -2.39. The summed E-state index contributed by atoms with van der Waals surface area (Å²) in [7, 11) is 0. The number of likely N-dealkylation sites (tertiary alicyclic amines) is 1. The summed E-state index contributed by atoms with van der Waals surface area (Å²) in [6, 6.07) is 0.0601. The molecule has 0 bridgehead atoms. The van der Waals surface area contributed by atoms with Gasteiger partial charge in [-0.15, -0.1) is 0 Å². The topological polar surface area (TPSA) is 50.8 Å². The first-order valence-electron chi connectivity index (χ1n) is 8.66. The highest BCUT2D eigenvalue weighted by atomic mass is 16.7. The van der Waals surface area contributed by atoms with Crippen molar-refractivity contribution in [1.82, 2.24) is 10.2 Å². The molecule has 0 saturated carbocycles. The maximum absolute atomic E-state index is 12.4. The van der Waals surface area contributed by atoms with Crippen molar-refractivity contribution in [3.63, 3.8) is 0 Å². The van der Waals surface area contributed by atoms with Crippen LogP contribution in [0.3, 0.4) is 0 Å². The second kappa shape index (κ2) is 7.01. The van der Waals surface area contributed by atoms with Gasteiger partial charge >= 0.3 is 6.03 Å². The number of piperidine rings is 1. The monoisotopic (exact) mass is 308 g/mol. The van der Waals surface area contributed by atoms with Gasteiger partial charge in [0.25, 0.3) is 0 Å². The van der Waals surface area contributed by atoms with Gasteiger partial charge in [0.15, 0.2) is 5.79 Å². The van der Waals surface area contributed by atoms with Gasteiger partial charge in [-0.1, -0.05) is 11.6 Å². The number of ether oxygens (including phenoxy) is 2. The van der Waals surface area contributed by atoms with Crippen LogP contribution < -0.4 is 5.32 Å². The van der Waals surface area contributed by atoms with E-state index in [-0.39, 0.29) is 11.9 Å². The average molecular weight is 308 g/mol. The van der Waals surface area contributed by atoms with Gasteiger partial charge in [-0.05, 0) is 45.4 Å². The Bertz CT molecular complexity index is 430. The fourth-order valence-corrected chi connectivity index (χ4v) is 3.76. The van der Waals surface area contributed by atoms with E-state index < -0.39 is 5.79 Å². The van der Waals surface area contributed by atoms with Crippen molar-refractivity contribution in [2.45, 2.75) is 51.2 Å². The Balaban J connectivity index is 1.45. The summed E-state index contributed by atoms with van der Waals surface area (Å²) in [5, 5.41) is 3.07. The molecule has 3 aliphatic rings. The number of hydrogen-bond acceptors (Lipinski definition) is 3. The lowest BCUT2D eigenvalue weighted by molar-refractivity contribution is -0.189. The Kier molecular flexibility index (Phi) is 5.03. The van der Waals surface area contributed by atoms with Crippen LogP contribution in [-0.2, 0) is 9.47 Å². The molecule has 1 N–H and O–H groups in total. The Morgan fingerprint density at radius 2 is 2.23 bits per heavy atom. The molecule has 0 radical (unpaired) electrons. The SMILES string of the molecule is CC1([C@@H]2CCCN(C(=O)NCCC3=CCCC3)C2)OCCO1. The molecule has 22 heavy (non-hydrogen) atoms. The Morgan fingerprint density at radius 3 is 2.95 bits per heavy atom. The van der Waals surface area contributed by atoms with Gasteiger partial charge in [-0.3, -0.25) is 0 Å². The molecule has 124 valence electrons. The maximum atomic E-state index is 12.4.